The van der Waals surface area contributed by atoms with Gasteiger partial charge in [0.15, 0.2) is 5.03 Å². The van der Waals surface area contributed by atoms with Crippen molar-refractivity contribution in [3.63, 3.8) is 0 Å². The third-order valence-corrected chi connectivity index (χ3v) is 2.15. The van der Waals surface area contributed by atoms with Crippen molar-refractivity contribution in [2.45, 2.75) is 0 Å². The third kappa shape index (κ3) is 1.82. The summed E-state index contributed by atoms with van der Waals surface area (Å²) in [6, 6.07) is 6.70. The molecule has 1 aromatic heterocycles. The molecule has 0 aliphatic heterocycles. The molecule has 0 aliphatic carbocycles. The molecule has 0 saturated carbocycles. The van der Waals surface area contributed by atoms with Gasteiger partial charge < -0.3 is 0 Å². The van der Waals surface area contributed by atoms with E-state index in [0.29, 0.717) is 10.6 Å². The Kier molecular flexibility index (Phi) is 2.39. The van der Waals surface area contributed by atoms with E-state index >= 15 is 0 Å². The van der Waals surface area contributed by atoms with Gasteiger partial charge in [0.25, 0.3) is 0 Å². The molecule has 0 fully saturated rings. The quantitative estimate of drug-likeness (QED) is 0.579. The van der Waals surface area contributed by atoms with Gasteiger partial charge in [-0.15, -0.1) is 0 Å². The molecular formula is C9H6ClN3O2. The summed E-state index contributed by atoms with van der Waals surface area (Å²) in [5, 5.41) is 10.7. The van der Waals surface area contributed by atoms with Gasteiger partial charge in [-0.25, -0.2) is 15.1 Å². The molecule has 0 saturated heterocycles. The summed E-state index contributed by atoms with van der Waals surface area (Å²) in [5.41, 5.74) is 0.654. The monoisotopic (exact) mass is 223 g/mol. The Morgan fingerprint density at radius 1 is 1.33 bits per heavy atom. The van der Waals surface area contributed by atoms with Crippen molar-refractivity contribution in [1.29, 1.82) is 0 Å². The molecule has 0 aliphatic rings. The molecule has 6 heteroatoms. The number of aromatic nitrogens is 2. The summed E-state index contributed by atoms with van der Waals surface area (Å²) in [4.78, 5) is 14.5. The number of halogens is 1. The SMILES string of the molecule is O=[N+]([O-])n1ccnc1-c1ccc(Cl)cc1. The zero-order valence-corrected chi connectivity index (χ0v) is 8.26. The van der Waals surface area contributed by atoms with Crippen LogP contribution in [0.1, 0.15) is 0 Å². The van der Waals surface area contributed by atoms with E-state index in [1.807, 2.05) is 0 Å². The molecule has 1 heterocycles. The number of hydrogen-bond acceptors (Lipinski definition) is 3. The summed E-state index contributed by atoms with van der Waals surface area (Å²) in [6.07, 6.45) is 2.68. The maximum absolute atomic E-state index is 10.6. The Balaban J connectivity index is 2.49. The highest BCUT2D eigenvalue weighted by molar-refractivity contribution is 6.30. The van der Waals surface area contributed by atoms with Crippen molar-refractivity contribution in [2.75, 3.05) is 0 Å². The number of nitrogens with zero attached hydrogens (tertiary/aromatic N) is 3. The first kappa shape index (κ1) is 9.67. The first-order valence-electron chi connectivity index (χ1n) is 4.12. The fourth-order valence-corrected chi connectivity index (χ4v) is 1.36. The molecule has 2 aromatic rings. The van der Waals surface area contributed by atoms with Crippen LogP contribution < -0.4 is 0 Å². The van der Waals surface area contributed by atoms with E-state index in [4.69, 9.17) is 11.6 Å². The molecule has 76 valence electrons. The second-order valence-electron chi connectivity index (χ2n) is 2.84. The highest BCUT2D eigenvalue weighted by atomic mass is 35.5. The van der Waals surface area contributed by atoms with Crippen LogP contribution in [0.25, 0.3) is 11.4 Å². The number of nitro groups is 1. The summed E-state index contributed by atoms with van der Waals surface area (Å²) >= 11 is 5.71. The van der Waals surface area contributed by atoms with Crippen LogP contribution in [0, 0.1) is 10.1 Å². The zero-order valence-electron chi connectivity index (χ0n) is 7.50. The molecule has 1 aromatic carbocycles. The Hall–Kier alpha value is -1.88. The van der Waals surface area contributed by atoms with Crippen LogP contribution in [0.15, 0.2) is 36.7 Å². The van der Waals surface area contributed by atoms with E-state index < -0.39 is 5.03 Å². The van der Waals surface area contributed by atoms with E-state index in [1.54, 1.807) is 24.3 Å². The lowest BCUT2D eigenvalue weighted by Crippen LogP contribution is -2.08. The van der Waals surface area contributed by atoms with E-state index in [-0.39, 0.29) is 5.82 Å². The van der Waals surface area contributed by atoms with Crippen LogP contribution in [-0.4, -0.2) is 14.7 Å². The van der Waals surface area contributed by atoms with Crippen molar-refractivity contribution in [2.24, 2.45) is 0 Å². The van der Waals surface area contributed by atoms with Gasteiger partial charge in [-0.3, -0.25) is 0 Å². The van der Waals surface area contributed by atoms with E-state index in [9.17, 15) is 10.1 Å². The second kappa shape index (κ2) is 3.70. The lowest BCUT2D eigenvalue weighted by atomic mass is 10.2. The minimum atomic E-state index is -0.531. The van der Waals surface area contributed by atoms with Gasteiger partial charge in [0.05, 0.1) is 12.4 Å². The molecular weight excluding hydrogens is 218 g/mol. The lowest BCUT2D eigenvalue weighted by Gasteiger charge is -1.98. The van der Waals surface area contributed by atoms with Crippen LogP contribution in [-0.2, 0) is 0 Å². The summed E-state index contributed by atoms with van der Waals surface area (Å²) in [7, 11) is 0. The summed E-state index contributed by atoms with van der Waals surface area (Å²) in [6.45, 7) is 0. The molecule has 15 heavy (non-hydrogen) atoms. The zero-order chi connectivity index (χ0) is 10.8. The molecule has 0 radical (unpaired) electrons. The minimum absolute atomic E-state index is 0.289. The average Bonchev–Trinajstić information content (AvgIpc) is 2.67. The third-order valence-electron chi connectivity index (χ3n) is 1.90. The van der Waals surface area contributed by atoms with Crippen molar-refractivity contribution in [3.8, 4) is 11.4 Å². The Bertz CT molecular complexity index is 492. The summed E-state index contributed by atoms with van der Waals surface area (Å²) in [5.74, 6) is 0.289. The fourth-order valence-electron chi connectivity index (χ4n) is 1.23. The Labute approximate surface area is 90.1 Å². The molecule has 5 nitrogen and oxygen atoms in total. The molecule has 0 amide bonds. The standard InChI is InChI=1S/C9H6ClN3O2/c10-8-3-1-7(2-4-8)9-11-5-6-12(9)13(14)15/h1-6H. The highest BCUT2D eigenvalue weighted by Crippen LogP contribution is 2.19. The first-order valence-corrected chi connectivity index (χ1v) is 4.50. The van der Waals surface area contributed by atoms with Gasteiger partial charge in [-0.2, -0.15) is 0 Å². The smallest absolute Gasteiger partial charge is 0.206 e. The van der Waals surface area contributed by atoms with Gasteiger partial charge in [-0.05, 0) is 24.3 Å². The molecule has 0 atom stereocenters. The van der Waals surface area contributed by atoms with Crippen LogP contribution in [0.4, 0.5) is 0 Å². The molecule has 0 unspecified atom stereocenters. The van der Waals surface area contributed by atoms with E-state index in [2.05, 4.69) is 4.98 Å². The van der Waals surface area contributed by atoms with Crippen molar-refractivity contribution >= 4 is 11.6 Å². The predicted octanol–water partition coefficient (Wildman–Crippen LogP) is 2.24. The second-order valence-corrected chi connectivity index (χ2v) is 3.28. The Morgan fingerprint density at radius 2 is 2.00 bits per heavy atom. The van der Waals surface area contributed by atoms with Crippen molar-refractivity contribution in [1.82, 2.24) is 9.66 Å². The van der Waals surface area contributed by atoms with Crippen molar-refractivity contribution < 1.29 is 5.03 Å². The van der Waals surface area contributed by atoms with Gasteiger partial charge in [0.1, 0.15) is 0 Å². The number of imidazole rings is 1. The van der Waals surface area contributed by atoms with Crippen LogP contribution in [0.2, 0.25) is 5.02 Å². The normalized spacial score (nSPS) is 10.2. The van der Waals surface area contributed by atoms with E-state index in [0.717, 1.165) is 4.68 Å². The number of rotatable bonds is 2. The average molecular weight is 224 g/mol. The van der Waals surface area contributed by atoms with Gasteiger partial charge in [0.2, 0.25) is 5.82 Å². The predicted molar refractivity (Wildman–Crippen MR) is 55.1 cm³/mol. The van der Waals surface area contributed by atoms with E-state index in [1.165, 1.54) is 12.4 Å². The maximum Gasteiger partial charge on any atom is 0.206 e. The van der Waals surface area contributed by atoms with Gasteiger partial charge >= 0.3 is 0 Å². The topological polar surface area (TPSA) is 61.0 Å². The molecule has 2 rings (SSSR count). The fraction of sp³-hybridized carbons (Fsp3) is 0. The highest BCUT2D eigenvalue weighted by Gasteiger charge is 2.12. The first-order chi connectivity index (χ1) is 7.18. The number of benzene rings is 1. The van der Waals surface area contributed by atoms with Crippen LogP contribution in [0.3, 0.4) is 0 Å². The largest absolute Gasteiger partial charge is 0.234 e. The van der Waals surface area contributed by atoms with Crippen LogP contribution in [0.5, 0.6) is 0 Å². The van der Waals surface area contributed by atoms with Crippen LogP contribution >= 0.6 is 11.6 Å². The lowest BCUT2D eigenvalue weighted by molar-refractivity contribution is -0.540. The number of hydrogen-bond donors (Lipinski definition) is 0. The van der Waals surface area contributed by atoms with Gasteiger partial charge in [0, 0.05) is 10.6 Å². The molecule has 0 spiro atoms. The van der Waals surface area contributed by atoms with Crippen molar-refractivity contribution in [3.05, 3.63) is 51.8 Å². The molecule has 0 N–H and O–H groups in total. The summed E-state index contributed by atoms with van der Waals surface area (Å²) < 4.78 is 0.864. The minimum Gasteiger partial charge on any atom is -0.234 e. The molecule has 0 bridgehead atoms. The van der Waals surface area contributed by atoms with Gasteiger partial charge in [-0.1, -0.05) is 16.3 Å². The Morgan fingerprint density at radius 3 is 2.60 bits per heavy atom. The maximum atomic E-state index is 10.6.